The van der Waals surface area contributed by atoms with Gasteiger partial charge in [0, 0.05) is 16.5 Å². The predicted molar refractivity (Wildman–Crippen MR) is 103 cm³/mol. The van der Waals surface area contributed by atoms with Crippen LogP contribution in [0.2, 0.25) is 0 Å². The largest absolute Gasteiger partial charge is 0.494 e. The molecule has 1 aromatic heterocycles. The second kappa shape index (κ2) is 8.26. The zero-order chi connectivity index (χ0) is 20.3. The molecule has 8 heteroatoms. The number of hydrogen-bond acceptors (Lipinski definition) is 4. The Labute approximate surface area is 163 Å². The Balaban J connectivity index is 1.72. The van der Waals surface area contributed by atoms with Crippen LogP contribution in [0.5, 0.6) is 5.75 Å². The molecular weight excluding hydrogens is 389 g/mol. The number of anilines is 1. The van der Waals surface area contributed by atoms with Crippen LogP contribution < -0.4 is 10.1 Å². The van der Waals surface area contributed by atoms with Crippen molar-refractivity contribution in [1.82, 2.24) is 4.98 Å². The van der Waals surface area contributed by atoms with Crippen LogP contribution in [0.15, 0.2) is 42.5 Å². The number of nitrogens with one attached hydrogen (secondary N) is 1. The molecule has 0 aliphatic rings. The molecule has 0 spiro atoms. The van der Waals surface area contributed by atoms with E-state index in [-0.39, 0.29) is 5.75 Å². The molecule has 1 N–H and O–H groups in total. The van der Waals surface area contributed by atoms with Gasteiger partial charge < -0.3 is 4.74 Å². The van der Waals surface area contributed by atoms with Gasteiger partial charge in [-0.25, -0.2) is 18.2 Å². The number of amides is 1. The summed E-state index contributed by atoms with van der Waals surface area (Å²) in [4.78, 5) is 17.1. The minimum atomic E-state index is -0.967. The highest BCUT2D eigenvalue weighted by atomic mass is 32.1. The second-order valence-corrected chi connectivity index (χ2v) is 6.97. The van der Waals surface area contributed by atoms with E-state index >= 15 is 0 Å². The van der Waals surface area contributed by atoms with Gasteiger partial charge in [-0.15, -0.1) is 11.3 Å². The monoisotopic (exact) mass is 404 g/mol. The molecular formula is C20H15F3N2O2S. The summed E-state index contributed by atoms with van der Waals surface area (Å²) in [6.45, 7) is 1.76. The topological polar surface area (TPSA) is 51.2 Å². The maximum atomic E-state index is 13.7. The number of halogens is 3. The molecule has 0 saturated carbocycles. The molecule has 4 nitrogen and oxygen atoms in total. The minimum Gasteiger partial charge on any atom is -0.494 e. The first-order valence-corrected chi connectivity index (χ1v) is 8.94. The Morgan fingerprint density at radius 1 is 1.11 bits per heavy atom. The highest BCUT2D eigenvalue weighted by molar-refractivity contribution is 7.16. The number of carbonyl (C=O) groups is 1. The first-order valence-electron chi connectivity index (χ1n) is 8.13. The van der Waals surface area contributed by atoms with Crippen molar-refractivity contribution >= 4 is 28.5 Å². The molecule has 1 heterocycles. The number of nitrogens with zero attached hydrogens (tertiary/aromatic N) is 1. The van der Waals surface area contributed by atoms with Crippen LogP contribution in [0.3, 0.4) is 0 Å². The third kappa shape index (κ3) is 4.40. The first kappa shape index (κ1) is 19.6. The van der Waals surface area contributed by atoms with Crippen molar-refractivity contribution in [3.8, 4) is 17.0 Å². The van der Waals surface area contributed by atoms with Crippen LogP contribution in [0.4, 0.5) is 18.3 Å². The van der Waals surface area contributed by atoms with Crippen molar-refractivity contribution in [2.75, 3.05) is 12.4 Å². The molecule has 28 heavy (non-hydrogen) atoms. The fraction of sp³-hybridized carbons (Fsp3) is 0.100. The summed E-state index contributed by atoms with van der Waals surface area (Å²) in [5.41, 5.74) is 1.36. The molecule has 2 aromatic carbocycles. The number of hydrogen-bond donors (Lipinski definition) is 1. The number of aromatic nitrogens is 1. The van der Waals surface area contributed by atoms with Crippen LogP contribution in [-0.2, 0) is 4.79 Å². The van der Waals surface area contributed by atoms with E-state index < -0.39 is 23.4 Å². The molecule has 0 aliphatic heterocycles. The lowest BCUT2D eigenvalue weighted by Crippen LogP contribution is -2.07. The zero-order valence-corrected chi connectivity index (χ0v) is 15.7. The average Bonchev–Trinajstić information content (AvgIpc) is 3.02. The smallest absolute Gasteiger partial charge is 0.250 e. The van der Waals surface area contributed by atoms with E-state index in [0.29, 0.717) is 22.0 Å². The summed E-state index contributed by atoms with van der Waals surface area (Å²) in [7, 11) is 1.37. The molecule has 1 amide bonds. The lowest BCUT2D eigenvalue weighted by Gasteiger charge is -2.02. The number of rotatable bonds is 5. The minimum absolute atomic E-state index is 0.115. The molecule has 3 aromatic rings. The van der Waals surface area contributed by atoms with Crippen LogP contribution in [-0.4, -0.2) is 18.0 Å². The second-order valence-electron chi connectivity index (χ2n) is 5.77. The van der Waals surface area contributed by atoms with Crippen molar-refractivity contribution in [1.29, 1.82) is 0 Å². The van der Waals surface area contributed by atoms with Crippen LogP contribution in [0.1, 0.15) is 10.4 Å². The zero-order valence-electron chi connectivity index (χ0n) is 14.9. The Bertz CT molecular complexity index is 1060. The van der Waals surface area contributed by atoms with Gasteiger partial charge in [-0.05, 0) is 48.9 Å². The van der Waals surface area contributed by atoms with E-state index in [4.69, 9.17) is 4.74 Å². The van der Waals surface area contributed by atoms with Crippen LogP contribution >= 0.6 is 11.3 Å². The van der Waals surface area contributed by atoms with E-state index in [9.17, 15) is 18.0 Å². The van der Waals surface area contributed by atoms with Crippen molar-refractivity contribution in [2.24, 2.45) is 0 Å². The van der Waals surface area contributed by atoms with E-state index in [1.807, 2.05) is 0 Å². The Kier molecular flexibility index (Phi) is 5.79. The molecule has 0 aliphatic carbocycles. The number of methoxy groups -OCH3 is 1. The number of benzene rings is 2. The SMILES string of the molecule is COc1ccc(/C=C/C(=O)Nc2nc(-c3ccc(F)c(F)c3)c(C)s2)cc1F. The number of aryl methyl sites for hydroxylation is 1. The summed E-state index contributed by atoms with van der Waals surface area (Å²) in [6, 6.07) is 7.83. The maximum absolute atomic E-state index is 13.7. The Morgan fingerprint density at radius 3 is 2.57 bits per heavy atom. The molecule has 0 unspecified atom stereocenters. The van der Waals surface area contributed by atoms with Gasteiger partial charge in [0.05, 0.1) is 12.8 Å². The predicted octanol–water partition coefficient (Wildman–Crippen LogP) is 5.20. The van der Waals surface area contributed by atoms with Gasteiger partial charge in [-0.3, -0.25) is 10.1 Å². The standard InChI is InChI=1S/C20H15F3N2O2S/c1-11-19(13-5-6-14(21)15(22)10-13)25-20(28-11)24-18(26)8-4-12-3-7-17(27-2)16(23)9-12/h3-10H,1-2H3,(H,24,25,26)/b8-4+. The molecule has 0 saturated heterocycles. The third-order valence-electron chi connectivity index (χ3n) is 3.82. The average molecular weight is 404 g/mol. The highest BCUT2D eigenvalue weighted by Gasteiger charge is 2.13. The molecule has 0 radical (unpaired) electrons. The fourth-order valence-corrected chi connectivity index (χ4v) is 3.31. The molecule has 0 bridgehead atoms. The summed E-state index contributed by atoms with van der Waals surface area (Å²) in [5, 5.41) is 2.91. The first-order chi connectivity index (χ1) is 13.4. The van der Waals surface area contributed by atoms with Crippen molar-refractivity contribution in [3.63, 3.8) is 0 Å². The fourth-order valence-electron chi connectivity index (χ4n) is 2.47. The Hall–Kier alpha value is -3.13. The van der Waals surface area contributed by atoms with Gasteiger partial charge >= 0.3 is 0 Å². The molecule has 3 rings (SSSR count). The molecule has 144 valence electrons. The van der Waals surface area contributed by atoms with Crippen molar-refractivity contribution in [2.45, 2.75) is 6.92 Å². The van der Waals surface area contributed by atoms with E-state index in [1.165, 1.54) is 48.8 Å². The van der Waals surface area contributed by atoms with E-state index in [1.54, 1.807) is 13.0 Å². The summed E-state index contributed by atoms with van der Waals surface area (Å²) in [6.07, 6.45) is 2.70. The lowest BCUT2D eigenvalue weighted by atomic mass is 10.1. The van der Waals surface area contributed by atoms with Gasteiger partial charge in [0.2, 0.25) is 5.91 Å². The maximum Gasteiger partial charge on any atom is 0.250 e. The van der Waals surface area contributed by atoms with Crippen LogP contribution in [0, 0.1) is 24.4 Å². The van der Waals surface area contributed by atoms with Crippen LogP contribution in [0.25, 0.3) is 17.3 Å². The van der Waals surface area contributed by atoms with Gasteiger partial charge in [0.15, 0.2) is 28.3 Å². The van der Waals surface area contributed by atoms with Crippen molar-refractivity contribution < 1.29 is 22.7 Å². The number of ether oxygens (including phenoxy) is 1. The lowest BCUT2D eigenvalue weighted by molar-refractivity contribution is -0.111. The summed E-state index contributed by atoms with van der Waals surface area (Å²) >= 11 is 1.21. The van der Waals surface area contributed by atoms with E-state index in [2.05, 4.69) is 10.3 Å². The normalized spacial score (nSPS) is 11.0. The quantitative estimate of drug-likeness (QED) is 0.595. The van der Waals surface area contributed by atoms with Gasteiger partial charge in [-0.2, -0.15) is 0 Å². The molecule has 0 fully saturated rings. The summed E-state index contributed by atoms with van der Waals surface area (Å²) < 4.78 is 45.0. The Morgan fingerprint density at radius 2 is 1.89 bits per heavy atom. The molecule has 0 atom stereocenters. The van der Waals surface area contributed by atoms with E-state index in [0.717, 1.165) is 17.0 Å². The van der Waals surface area contributed by atoms with Gasteiger partial charge in [0.1, 0.15) is 0 Å². The third-order valence-corrected chi connectivity index (χ3v) is 4.71. The van der Waals surface area contributed by atoms with Crippen molar-refractivity contribution in [3.05, 3.63) is 70.4 Å². The number of thiazole rings is 1. The van der Waals surface area contributed by atoms with Gasteiger partial charge in [-0.1, -0.05) is 6.07 Å². The number of carbonyl (C=O) groups excluding carboxylic acids is 1. The summed E-state index contributed by atoms with van der Waals surface area (Å²) in [5.74, 6) is -2.78. The highest BCUT2D eigenvalue weighted by Crippen LogP contribution is 2.31. The van der Waals surface area contributed by atoms with Gasteiger partial charge in [0.25, 0.3) is 0 Å².